The number of aromatic nitrogens is 4. The van der Waals surface area contributed by atoms with Gasteiger partial charge in [-0.25, -0.2) is 4.98 Å². The van der Waals surface area contributed by atoms with Crippen LogP contribution < -0.4 is 4.40 Å². The average Bonchev–Trinajstić information content (AvgIpc) is 3.92. The van der Waals surface area contributed by atoms with Gasteiger partial charge in [0.1, 0.15) is 5.58 Å². The normalized spacial score (nSPS) is 12.5. The summed E-state index contributed by atoms with van der Waals surface area (Å²) in [6.45, 7) is 15.7. The molecule has 0 fully saturated rings. The molecule has 0 aliphatic carbocycles. The number of furan rings is 1. The van der Waals surface area contributed by atoms with Gasteiger partial charge in [0.25, 0.3) is 0 Å². The zero-order valence-electron chi connectivity index (χ0n) is 42.7. The minimum Gasteiger partial charge on any atom is 0 e. The number of hydrogen-bond donors (Lipinski definition) is 0. The van der Waals surface area contributed by atoms with Crippen LogP contribution in [0.15, 0.2) is 162 Å². The molecular formula is C61H60GeIrN4O-2. The smallest absolute Gasteiger partial charge is 0 e. The minimum absolute atomic E-state index is 0. The maximum absolute atomic E-state index is 8.85. The van der Waals surface area contributed by atoms with Crippen molar-refractivity contribution >= 4 is 50.8 Å². The standard InChI is InChI=1S/C40H38N3O.C21H22GeN.Ir/c1-24(2)32-20-27(26-14-9-8-10-15-26)21-33(25(3)4)36(32)43-38(42-34-22-28(40(5,6)7)23-41-39(34)43)31-18-13-17-30-29-16-11-12-19-35(29)44-37(30)31;1-22(2,3)20-16-23-21(18-12-8-5-9-13-18)15-19(20)14-17-10-6-4-7-11-17;/h8-17,19-25H,1-7H3;4-12,15-16H,14H2,1-3H3;/q2*-1;/i;14D2;. The molecule has 5 nitrogen and oxygen atoms in total. The molecule has 0 aliphatic heterocycles. The molecule has 1 radical (unpaired) electrons. The van der Waals surface area contributed by atoms with E-state index in [4.69, 9.17) is 17.1 Å². The second kappa shape index (κ2) is 20.0. The number of fused-ring (bicyclic) bond motifs is 4. The molecule has 0 N–H and O–H groups in total. The van der Waals surface area contributed by atoms with Crippen molar-refractivity contribution in [1.82, 2.24) is 19.5 Å². The van der Waals surface area contributed by atoms with E-state index in [1.165, 1.54) is 22.3 Å². The molecule has 345 valence electrons. The maximum atomic E-state index is 8.85. The summed E-state index contributed by atoms with van der Waals surface area (Å²) in [5.41, 5.74) is 14.5. The van der Waals surface area contributed by atoms with Gasteiger partial charge in [-0.2, -0.15) is 0 Å². The first-order valence-corrected chi connectivity index (χ1v) is 30.7. The van der Waals surface area contributed by atoms with E-state index in [9.17, 15) is 0 Å². The van der Waals surface area contributed by atoms with Crippen LogP contribution in [0.3, 0.4) is 0 Å². The number of pyridine rings is 2. The summed E-state index contributed by atoms with van der Waals surface area (Å²) in [6.07, 6.45) is 2.35. The van der Waals surface area contributed by atoms with E-state index in [-0.39, 0.29) is 37.4 Å². The summed E-state index contributed by atoms with van der Waals surface area (Å²) >= 11 is -2.30. The van der Waals surface area contributed by atoms with Crippen LogP contribution in [0, 0.1) is 12.1 Å². The zero-order chi connectivity index (χ0) is 48.8. The molecule has 0 saturated carbocycles. The number of benzene rings is 6. The molecule has 0 bridgehead atoms. The van der Waals surface area contributed by atoms with Gasteiger partial charge < -0.3 is 8.98 Å². The summed E-state index contributed by atoms with van der Waals surface area (Å²) in [5, 5.41) is 2.15. The topological polar surface area (TPSA) is 56.7 Å². The number of para-hydroxylation sites is 1. The fourth-order valence-corrected chi connectivity index (χ4v) is 11.7. The van der Waals surface area contributed by atoms with Crippen molar-refractivity contribution in [3.05, 3.63) is 198 Å². The van der Waals surface area contributed by atoms with E-state index in [1.54, 1.807) is 0 Å². The van der Waals surface area contributed by atoms with Crippen molar-refractivity contribution in [2.75, 3.05) is 0 Å². The third-order valence-corrected chi connectivity index (χ3v) is 16.6. The molecule has 0 unspecified atom stereocenters. The Balaban J connectivity index is 0.000000216. The molecule has 10 aromatic rings. The van der Waals surface area contributed by atoms with E-state index < -0.39 is 19.6 Å². The molecule has 0 saturated heterocycles. The van der Waals surface area contributed by atoms with Crippen LogP contribution in [0.1, 0.15) is 90.9 Å². The van der Waals surface area contributed by atoms with Gasteiger partial charge in [0.05, 0.1) is 16.9 Å². The van der Waals surface area contributed by atoms with Gasteiger partial charge in [0.15, 0.2) is 5.65 Å². The molecule has 6 aromatic carbocycles. The summed E-state index contributed by atoms with van der Waals surface area (Å²) in [4.78, 5) is 15.1. The number of rotatable bonds is 9. The zero-order valence-corrected chi connectivity index (χ0v) is 45.2. The summed E-state index contributed by atoms with van der Waals surface area (Å²) in [6, 6.07) is 55.6. The molecule has 7 heteroatoms. The van der Waals surface area contributed by atoms with E-state index in [2.05, 4.69) is 154 Å². The second-order valence-corrected chi connectivity index (χ2v) is 30.7. The molecule has 0 atom stereocenters. The van der Waals surface area contributed by atoms with E-state index in [0.717, 1.165) is 77.0 Å². The third kappa shape index (κ3) is 9.96. The average molecular weight is 1130 g/mol. The number of imidazole rings is 1. The van der Waals surface area contributed by atoms with Crippen molar-refractivity contribution in [3.63, 3.8) is 0 Å². The van der Waals surface area contributed by atoms with E-state index in [1.807, 2.05) is 91.3 Å². The Morgan fingerprint density at radius 2 is 1.35 bits per heavy atom. The molecule has 0 spiro atoms. The van der Waals surface area contributed by atoms with Crippen LogP contribution in [0.5, 0.6) is 0 Å². The Kier molecular flexibility index (Phi) is 13.5. The van der Waals surface area contributed by atoms with E-state index in [0.29, 0.717) is 5.56 Å². The van der Waals surface area contributed by atoms with Crippen molar-refractivity contribution in [2.24, 2.45) is 0 Å². The molecule has 10 rings (SSSR count). The summed E-state index contributed by atoms with van der Waals surface area (Å²) in [7, 11) is 0. The van der Waals surface area contributed by atoms with Gasteiger partial charge in [0.2, 0.25) is 0 Å². The largest absolute Gasteiger partial charge is 0 e. The second-order valence-electron chi connectivity index (χ2n) is 20.1. The van der Waals surface area contributed by atoms with Gasteiger partial charge in [0, 0.05) is 37.4 Å². The van der Waals surface area contributed by atoms with Gasteiger partial charge in [-0.15, -0.1) is 18.2 Å². The fraction of sp³-hybridized carbons (Fsp3) is 0.230. The molecule has 0 amide bonds. The van der Waals surface area contributed by atoms with Gasteiger partial charge >= 0.3 is 144 Å². The monoisotopic (exact) mass is 1130 g/mol. The van der Waals surface area contributed by atoms with Crippen LogP contribution in [-0.2, 0) is 31.9 Å². The Hall–Kier alpha value is -5.92. The van der Waals surface area contributed by atoms with Crippen LogP contribution in [0.4, 0.5) is 0 Å². The Bertz CT molecular complexity index is 3410. The van der Waals surface area contributed by atoms with Gasteiger partial charge in [-0.3, -0.25) is 4.98 Å². The van der Waals surface area contributed by atoms with Crippen molar-refractivity contribution < 1.29 is 27.3 Å². The van der Waals surface area contributed by atoms with Gasteiger partial charge in [-0.1, -0.05) is 108 Å². The third-order valence-electron chi connectivity index (χ3n) is 12.4. The minimum atomic E-state index is -2.30. The first kappa shape index (κ1) is 45.8. The first-order chi connectivity index (χ1) is 32.9. The molecular weight excluding hydrogens is 1070 g/mol. The number of hydrogen-bond acceptors (Lipinski definition) is 4. The van der Waals surface area contributed by atoms with Crippen molar-refractivity contribution in [2.45, 2.75) is 89.4 Å². The quantitative estimate of drug-likeness (QED) is 0.107. The van der Waals surface area contributed by atoms with Crippen LogP contribution in [-0.4, -0.2) is 32.8 Å². The van der Waals surface area contributed by atoms with Crippen molar-refractivity contribution in [1.29, 1.82) is 0 Å². The van der Waals surface area contributed by atoms with Crippen LogP contribution in [0.25, 0.3) is 72.6 Å². The molecule has 4 heterocycles. The van der Waals surface area contributed by atoms with Crippen LogP contribution in [0.2, 0.25) is 17.3 Å². The number of nitrogens with zero attached hydrogens (tertiary/aromatic N) is 4. The summed E-state index contributed by atoms with van der Waals surface area (Å²) < 4.78 is 27.6. The molecule has 68 heavy (non-hydrogen) atoms. The summed E-state index contributed by atoms with van der Waals surface area (Å²) in [5.74, 6) is 8.13. The van der Waals surface area contributed by atoms with Gasteiger partial charge in [-0.05, 0) is 69.3 Å². The SMILES string of the molecule is CC(C)c1cc(-c2ccccc2)cc(C(C)C)c1-n1c(-c2[c-]ccc3c2oc2ccccc23)nc2cc(C(C)(C)C)cnc21.[2H]C([2H])(c1ccccc1)c1cc(-c2[c-]cccc2)nc[c]1[Ge]([CH3])([CH3])[CH3].[Ir]. The van der Waals surface area contributed by atoms with Crippen LogP contribution >= 0.6 is 0 Å². The Morgan fingerprint density at radius 1 is 0.691 bits per heavy atom. The predicted molar refractivity (Wildman–Crippen MR) is 283 cm³/mol. The molecule has 0 aliphatic rings. The van der Waals surface area contributed by atoms with E-state index >= 15 is 0 Å². The predicted octanol–water partition coefficient (Wildman–Crippen LogP) is 15.7. The fourth-order valence-electron chi connectivity index (χ4n) is 8.76. The Labute approximate surface area is 421 Å². The molecule has 4 aromatic heterocycles. The van der Waals surface area contributed by atoms with Crippen molar-refractivity contribution in [3.8, 4) is 39.5 Å². The maximum Gasteiger partial charge on any atom is 0 e. The Morgan fingerprint density at radius 3 is 2.00 bits per heavy atom. The first-order valence-electron chi connectivity index (χ1n) is 24.4.